The number of halogens is 1. The van der Waals surface area contributed by atoms with E-state index < -0.39 is 77.2 Å². The van der Waals surface area contributed by atoms with Gasteiger partial charge in [-0.25, -0.2) is 19.0 Å². The number of aryl methyl sites for hydroxylation is 1. The average Bonchev–Trinajstić information content (AvgIpc) is 3.37. The molecule has 0 radical (unpaired) electrons. The fourth-order valence-corrected chi connectivity index (χ4v) is 10.2. The lowest BCUT2D eigenvalue weighted by Crippen LogP contribution is -2.62. The number of esters is 1. The molecule has 3 saturated heterocycles. The number of aliphatic hydroxyl groups excluding tert-OH is 1. The summed E-state index contributed by atoms with van der Waals surface area (Å²) in [7, 11) is 5.21. The molecule has 326 valence electrons. The van der Waals surface area contributed by atoms with Crippen molar-refractivity contribution in [2.24, 2.45) is 22.7 Å². The van der Waals surface area contributed by atoms with Crippen molar-refractivity contribution in [3.05, 3.63) is 42.1 Å². The van der Waals surface area contributed by atoms with Crippen molar-refractivity contribution in [3.63, 3.8) is 0 Å². The fraction of sp³-hybridized carbons (Fsp3) is 0.705. The third-order valence-corrected chi connectivity index (χ3v) is 13.4. The van der Waals surface area contributed by atoms with Gasteiger partial charge < -0.3 is 33.7 Å². The number of rotatable bonds is 9. The number of ketones is 1. The van der Waals surface area contributed by atoms with E-state index >= 15 is 4.39 Å². The summed E-state index contributed by atoms with van der Waals surface area (Å²) in [5.74, 6) is -4.53. The second kappa shape index (κ2) is 17.4. The predicted molar refractivity (Wildman–Crippen MR) is 219 cm³/mol. The SMILES string of the molecule is CC[C@@H]1OC(=O)C(C)(F)C(=O)[C@H](C)[C@@H](O[C@@H]2O[C@H](C)C[C@H](N(C)C)[C@H]2O)[C@@](C)(OC)C[C@@H](C)C2=NCN(CCCc3ccnc4ccccc34)N3C(=O)O[C@@]1(C)[C@H]3[C@@H]2C. The van der Waals surface area contributed by atoms with Gasteiger partial charge in [0.15, 0.2) is 17.7 Å². The smallest absolute Gasteiger partial charge is 0.425 e. The molecule has 4 aliphatic rings. The van der Waals surface area contributed by atoms with Crippen LogP contribution >= 0.6 is 0 Å². The number of alkyl halides is 1. The lowest BCUT2D eigenvalue weighted by molar-refractivity contribution is -0.295. The molecule has 0 spiro atoms. The lowest BCUT2D eigenvalue weighted by atomic mass is 9.73. The number of hydrogen-bond donors (Lipinski definition) is 1. The van der Waals surface area contributed by atoms with Crippen LogP contribution in [-0.2, 0) is 39.7 Å². The van der Waals surface area contributed by atoms with E-state index in [0.29, 0.717) is 25.8 Å². The third-order valence-electron chi connectivity index (χ3n) is 13.4. The van der Waals surface area contributed by atoms with E-state index in [-0.39, 0.29) is 37.6 Å². The molecule has 0 saturated carbocycles. The van der Waals surface area contributed by atoms with Crippen LogP contribution in [0.4, 0.5) is 9.18 Å². The third kappa shape index (κ3) is 8.39. The first kappa shape index (κ1) is 44.9. The summed E-state index contributed by atoms with van der Waals surface area (Å²) in [4.78, 5) is 54.2. The highest BCUT2D eigenvalue weighted by Crippen LogP contribution is 2.45. The number of carbonyl (C=O) groups is 3. The number of ether oxygens (including phenoxy) is 5. The summed E-state index contributed by atoms with van der Waals surface area (Å²) in [6.07, 6.45) is -1.43. The molecule has 2 aromatic rings. The van der Waals surface area contributed by atoms with Gasteiger partial charge in [-0.3, -0.25) is 14.8 Å². The van der Waals surface area contributed by atoms with Crippen molar-refractivity contribution >= 4 is 34.5 Å². The zero-order valence-corrected chi connectivity index (χ0v) is 36.5. The number of carbonyl (C=O) groups excluding carboxylic acids is 3. The summed E-state index contributed by atoms with van der Waals surface area (Å²) in [5.41, 5.74) is -3.08. The van der Waals surface area contributed by atoms with E-state index in [0.717, 1.165) is 29.1 Å². The highest BCUT2D eigenvalue weighted by molar-refractivity contribution is 6.08. The van der Waals surface area contributed by atoms with Crippen LogP contribution in [0.2, 0.25) is 0 Å². The van der Waals surface area contributed by atoms with Crippen LogP contribution in [0.25, 0.3) is 10.9 Å². The molecule has 1 N–H and O–H groups in total. The molecule has 14 nitrogen and oxygen atoms in total. The first-order valence-corrected chi connectivity index (χ1v) is 21.1. The van der Waals surface area contributed by atoms with Crippen molar-refractivity contribution in [2.45, 2.75) is 147 Å². The number of aliphatic imine (C=N–C) groups is 1. The maximum absolute atomic E-state index is 17.0. The fourth-order valence-electron chi connectivity index (χ4n) is 10.2. The second-order valence-electron chi connectivity index (χ2n) is 17.9. The number of aliphatic hydroxyl groups is 1. The van der Waals surface area contributed by atoms with Gasteiger partial charge in [-0.05, 0) is 97.5 Å². The van der Waals surface area contributed by atoms with Gasteiger partial charge in [-0.1, -0.05) is 45.9 Å². The number of hydrazine groups is 1. The standard InChI is InChI=1S/C44H64FN5O9/c1-12-33-44(8)36-27(4)34(47-24-49(50(36)41(54)59-44)21-15-16-29-19-20-46-31-18-14-13-17-30(29)31)25(2)23-42(6,55-11)38(28(5)37(52)43(7,45)40(53)57-33)58-39-35(51)32(48(9)10)22-26(3)56-39/h13-14,17-20,25-28,32-33,35-36,38-39,51H,12,15-16,21-24H2,1-11H3/t25-,26-,27-,28+,32+,33+,35-,36-,38-,39+,42+,43?,44-/m1/s1. The normalized spacial score (nSPS) is 38.8. The summed E-state index contributed by atoms with van der Waals surface area (Å²) >= 11 is 0. The highest BCUT2D eigenvalue weighted by Gasteiger charge is 2.63. The average molecular weight is 826 g/mol. The zero-order valence-electron chi connectivity index (χ0n) is 36.5. The molecule has 1 aromatic carbocycles. The number of benzene rings is 1. The molecular formula is C44H64FN5O9. The minimum atomic E-state index is -3.13. The van der Waals surface area contributed by atoms with E-state index in [1.807, 2.05) is 69.0 Å². The summed E-state index contributed by atoms with van der Waals surface area (Å²) in [6, 6.07) is 8.95. The van der Waals surface area contributed by atoms with Crippen molar-refractivity contribution in [1.29, 1.82) is 0 Å². The predicted octanol–water partition coefficient (Wildman–Crippen LogP) is 5.52. The number of nitrogens with zero attached hydrogens (tertiary/aromatic N) is 5. The van der Waals surface area contributed by atoms with Crippen molar-refractivity contribution in [2.75, 3.05) is 34.4 Å². The second-order valence-corrected chi connectivity index (χ2v) is 17.9. The van der Waals surface area contributed by atoms with Crippen molar-refractivity contribution < 1.29 is 47.6 Å². The maximum atomic E-state index is 17.0. The van der Waals surface area contributed by atoms with E-state index in [4.69, 9.17) is 28.7 Å². The van der Waals surface area contributed by atoms with Crippen LogP contribution in [0.15, 0.2) is 41.5 Å². The summed E-state index contributed by atoms with van der Waals surface area (Å²) in [6.45, 7) is 14.1. The first-order chi connectivity index (χ1) is 27.8. The Hall–Kier alpha value is -3.60. The molecule has 13 atom stereocenters. The minimum absolute atomic E-state index is 0.145. The van der Waals surface area contributed by atoms with E-state index in [1.165, 1.54) is 14.0 Å². The van der Waals surface area contributed by atoms with Gasteiger partial charge in [0.2, 0.25) is 0 Å². The Morgan fingerprint density at radius 1 is 1.05 bits per heavy atom. The van der Waals surface area contributed by atoms with Crippen LogP contribution in [0.1, 0.15) is 86.6 Å². The summed E-state index contributed by atoms with van der Waals surface area (Å²) < 4.78 is 48.3. The quantitative estimate of drug-likeness (QED) is 0.250. The Morgan fingerprint density at radius 2 is 1.76 bits per heavy atom. The number of Topliss-reactive ketones (excluding diaryl/α,β-unsaturated/α-hetero) is 1. The van der Waals surface area contributed by atoms with E-state index in [1.54, 1.807) is 32.0 Å². The molecular weight excluding hydrogens is 762 g/mol. The van der Waals surface area contributed by atoms with Gasteiger partial charge in [0.05, 0.1) is 23.3 Å². The topological polar surface area (TPSA) is 153 Å². The highest BCUT2D eigenvalue weighted by atomic mass is 19.1. The molecule has 1 aromatic heterocycles. The van der Waals surface area contributed by atoms with Crippen molar-refractivity contribution in [3.8, 4) is 0 Å². The van der Waals surface area contributed by atoms with Gasteiger partial charge >= 0.3 is 12.1 Å². The van der Waals surface area contributed by atoms with E-state index in [2.05, 4.69) is 11.1 Å². The van der Waals surface area contributed by atoms with Crippen LogP contribution in [-0.4, -0.2) is 143 Å². The Morgan fingerprint density at radius 3 is 2.44 bits per heavy atom. The number of methoxy groups -OCH3 is 1. The molecule has 0 aliphatic carbocycles. The zero-order chi connectivity index (χ0) is 43.2. The monoisotopic (exact) mass is 825 g/mol. The van der Waals surface area contributed by atoms with Gasteiger partial charge in [0.25, 0.3) is 5.67 Å². The summed E-state index contributed by atoms with van der Waals surface area (Å²) in [5, 5.41) is 16.1. The van der Waals surface area contributed by atoms with Crippen LogP contribution in [0.5, 0.6) is 0 Å². The van der Waals surface area contributed by atoms with Gasteiger partial charge in [-0.2, -0.15) is 5.01 Å². The molecule has 2 bridgehead atoms. The molecule has 15 heteroatoms. The number of para-hydroxylation sites is 1. The molecule has 4 aliphatic heterocycles. The Bertz CT molecular complexity index is 1890. The number of pyridine rings is 1. The Balaban J connectivity index is 1.40. The number of cyclic esters (lactones) is 1. The molecule has 59 heavy (non-hydrogen) atoms. The Labute approximate surface area is 347 Å². The molecule has 3 fully saturated rings. The maximum Gasteiger partial charge on any atom is 0.425 e. The van der Waals surface area contributed by atoms with Crippen LogP contribution < -0.4 is 0 Å². The molecule has 6 rings (SSSR count). The van der Waals surface area contributed by atoms with Gasteiger partial charge in [0, 0.05) is 48.8 Å². The number of hydrogen-bond acceptors (Lipinski definition) is 13. The van der Waals surface area contributed by atoms with Crippen LogP contribution in [0.3, 0.4) is 0 Å². The Kier molecular flexibility index (Phi) is 13.3. The van der Waals surface area contributed by atoms with Crippen molar-refractivity contribution in [1.82, 2.24) is 19.9 Å². The first-order valence-electron chi connectivity index (χ1n) is 21.1. The van der Waals surface area contributed by atoms with Crippen LogP contribution in [0, 0.1) is 17.8 Å². The molecule has 1 unspecified atom stereocenters. The lowest BCUT2D eigenvalue weighted by Gasteiger charge is -2.47. The van der Waals surface area contributed by atoms with E-state index in [9.17, 15) is 19.5 Å². The van der Waals surface area contributed by atoms with Gasteiger partial charge in [0.1, 0.15) is 24.9 Å². The molecule has 1 amide bonds. The number of aromatic nitrogens is 1. The number of likely N-dealkylation sites (N-methyl/N-ethyl adjacent to an activating group) is 1. The molecule has 5 heterocycles. The van der Waals surface area contributed by atoms with Gasteiger partial charge in [-0.15, -0.1) is 0 Å². The number of amides is 1. The number of fused-ring (bicyclic) bond motifs is 2. The largest absolute Gasteiger partial charge is 0.455 e. The minimum Gasteiger partial charge on any atom is -0.455 e.